The Balaban J connectivity index is 4.86. The molecule has 0 heterocycles. The Morgan fingerprint density at radius 1 is 1.35 bits per heavy atom. The zero-order valence-electron chi connectivity index (χ0n) is 14.0. The van der Waals surface area contributed by atoms with Gasteiger partial charge >= 0.3 is 0 Å². The van der Waals surface area contributed by atoms with Crippen LogP contribution in [0, 0.1) is 0 Å². The molecule has 0 aromatic carbocycles. The van der Waals surface area contributed by atoms with E-state index < -0.39 is 5.54 Å². The molecule has 3 atom stereocenters. The van der Waals surface area contributed by atoms with Gasteiger partial charge in [0.25, 0.3) is 0 Å². The molecule has 5 nitrogen and oxygen atoms in total. The molecule has 0 aromatic rings. The van der Waals surface area contributed by atoms with Crippen LogP contribution < -0.4 is 11.1 Å². The number of hydrogen-bond donors (Lipinski definition) is 2. The molecule has 3 unspecified atom stereocenters. The second kappa shape index (κ2) is 9.32. The molecule has 1 amide bonds. The number of ether oxygens (including phenoxy) is 1. The Bertz CT molecular complexity index is 286. The van der Waals surface area contributed by atoms with Crippen LogP contribution in [0.15, 0.2) is 0 Å². The molecule has 0 fully saturated rings. The van der Waals surface area contributed by atoms with E-state index in [1.54, 1.807) is 7.11 Å². The highest BCUT2D eigenvalue weighted by Gasteiger charge is 2.34. The molecule has 0 bridgehead atoms. The van der Waals surface area contributed by atoms with E-state index >= 15 is 0 Å². The summed E-state index contributed by atoms with van der Waals surface area (Å²) in [5.41, 5.74) is 4.91. The Morgan fingerprint density at radius 3 is 2.35 bits per heavy atom. The fourth-order valence-electron chi connectivity index (χ4n) is 2.66. The summed E-state index contributed by atoms with van der Waals surface area (Å²) < 4.78 is 5.19. The van der Waals surface area contributed by atoms with Gasteiger partial charge in [-0.1, -0.05) is 13.8 Å². The number of amides is 1. The van der Waals surface area contributed by atoms with Crippen LogP contribution in [0.2, 0.25) is 0 Å². The average molecular weight is 287 g/mol. The SMILES string of the molecule is CCNC(C)(CC(C)N(CCOC)C(C)CC)C(N)=O. The van der Waals surface area contributed by atoms with E-state index in [2.05, 4.69) is 31.0 Å². The summed E-state index contributed by atoms with van der Waals surface area (Å²) in [7, 11) is 1.71. The third-order valence-corrected chi connectivity index (χ3v) is 4.09. The number of nitrogens with one attached hydrogen (secondary N) is 1. The maximum atomic E-state index is 11.7. The molecule has 120 valence electrons. The van der Waals surface area contributed by atoms with Crippen LogP contribution in [0.5, 0.6) is 0 Å². The lowest BCUT2D eigenvalue weighted by Crippen LogP contribution is -2.57. The number of carbonyl (C=O) groups excluding carboxylic acids is 1. The van der Waals surface area contributed by atoms with E-state index in [-0.39, 0.29) is 11.9 Å². The predicted molar refractivity (Wildman–Crippen MR) is 83.7 cm³/mol. The molecule has 0 rings (SSSR count). The van der Waals surface area contributed by atoms with Crippen LogP contribution in [-0.4, -0.2) is 55.2 Å². The van der Waals surface area contributed by atoms with Crippen LogP contribution in [0.1, 0.15) is 47.5 Å². The largest absolute Gasteiger partial charge is 0.383 e. The topological polar surface area (TPSA) is 67.6 Å². The van der Waals surface area contributed by atoms with Crippen molar-refractivity contribution in [3.63, 3.8) is 0 Å². The van der Waals surface area contributed by atoms with Crippen molar-refractivity contribution in [2.45, 2.75) is 65.1 Å². The summed E-state index contributed by atoms with van der Waals surface area (Å²) in [5.74, 6) is -0.290. The lowest BCUT2D eigenvalue weighted by molar-refractivity contribution is -0.124. The van der Waals surface area contributed by atoms with Crippen LogP contribution in [-0.2, 0) is 9.53 Å². The Hall–Kier alpha value is -0.650. The summed E-state index contributed by atoms with van der Waals surface area (Å²) in [4.78, 5) is 14.1. The van der Waals surface area contributed by atoms with E-state index in [1.807, 2.05) is 13.8 Å². The molecule has 0 saturated heterocycles. The van der Waals surface area contributed by atoms with Gasteiger partial charge in [-0.15, -0.1) is 0 Å². The van der Waals surface area contributed by atoms with E-state index in [9.17, 15) is 4.79 Å². The molecular formula is C15H33N3O2. The fourth-order valence-corrected chi connectivity index (χ4v) is 2.66. The van der Waals surface area contributed by atoms with Crippen molar-refractivity contribution < 1.29 is 9.53 Å². The molecule has 0 aliphatic rings. The van der Waals surface area contributed by atoms with Crippen LogP contribution in [0.4, 0.5) is 0 Å². The van der Waals surface area contributed by atoms with Gasteiger partial charge in [-0.25, -0.2) is 0 Å². The van der Waals surface area contributed by atoms with Crippen molar-refractivity contribution in [3.05, 3.63) is 0 Å². The molecule has 20 heavy (non-hydrogen) atoms. The van der Waals surface area contributed by atoms with Crippen molar-refractivity contribution in [1.29, 1.82) is 0 Å². The summed E-state index contributed by atoms with van der Waals surface area (Å²) in [6, 6.07) is 0.718. The number of carbonyl (C=O) groups is 1. The van der Waals surface area contributed by atoms with Gasteiger partial charge in [0.15, 0.2) is 0 Å². The third kappa shape index (κ3) is 5.77. The maximum absolute atomic E-state index is 11.7. The van der Waals surface area contributed by atoms with Crippen molar-refractivity contribution in [2.75, 3.05) is 26.8 Å². The standard InChI is InChI=1S/C15H33N3O2/c1-7-12(3)18(9-10-20-6)13(4)11-15(5,14(16)19)17-8-2/h12-13,17H,7-11H2,1-6H3,(H2,16,19). The molecule has 3 N–H and O–H groups in total. The number of rotatable bonds is 11. The number of likely N-dealkylation sites (N-methyl/N-ethyl adjacent to an activating group) is 1. The number of methoxy groups -OCH3 is 1. The second-order valence-electron chi connectivity index (χ2n) is 5.77. The Labute approximate surface area is 124 Å². The minimum absolute atomic E-state index is 0.261. The molecule has 0 aliphatic carbocycles. The van der Waals surface area contributed by atoms with Gasteiger partial charge in [-0.05, 0) is 40.2 Å². The minimum Gasteiger partial charge on any atom is -0.383 e. The lowest BCUT2D eigenvalue weighted by atomic mass is 9.91. The maximum Gasteiger partial charge on any atom is 0.237 e. The van der Waals surface area contributed by atoms with E-state index in [0.717, 1.165) is 19.5 Å². The molecule has 0 spiro atoms. The highest BCUT2D eigenvalue weighted by Crippen LogP contribution is 2.19. The van der Waals surface area contributed by atoms with E-state index in [1.165, 1.54) is 0 Å². The zero-order valence-corrected chi connectivity index (χ0v) is 14.0. The van der Waals surface area contributed by atoms with Gasteiger partial charge in [0.1, 0.15) is 0 Å². The summed E-state index contributed by atoms with van der Waals surface area (Å²) in [5, 5.41) is 3.22. The Kier molecular flexibility index (Phi) is 9.01. The highest BCUT2D eigenvalue weighted by molar-refractivity contribution is 5.84. The lowest BCUT2D eigenvalue weighted by Gasteiger charge is -2.38. The smallest absolute Gasteiger partial charge is 0.237 e. The van der Waals surface area contributed by atoms with Crippen molar-refractivity contribution in [2.24, 2.45) is 5.73 Å². The number of primary amides is 1. The summed E-state index contributed by atoms with van der Waals surface area (Å²) >= 11 is 0. The van der Waals surface area contributed by atoms with Gasteiger partial charge in [-0.2, -0.15) is 0 Å². The van der Waals surface area contributed by atoms with Crippen LogP contribution in [0.25, 0.3) is 0 Å². The van der Waals surface area contributed by atoms with E-state index in [0.29, 0.717) is 19.1 Å². The number of nitrogens with zero attached hydrogens (tertiary/aromatic N) is 1. The van der Waals surface area contributed by atoms with Crippen molar-refractivity contribution >= 4 is 5.91 Å². The molecule has 0 aliphatic heterocycles. The van der Waals surface area contributed by atoms with Gasteiger partial charge in [0, 0.05) is 25.7 Å². The average Bonchev–Trinajstić information content (AvgIpc) is 2.38. The van der Waals surface area contributed by atoms with Gasteiger partial charge in [-0.3, -0.25) is 9.69 Å². The second-order valence-corrected chi connectivity index (χ2v) is 5.77. The summed E-state index contributed by atoms with van der Waals surface area (Å²) in [6.07, 6.45) is 1.77. The highest BCUT2D eigenvalue weighted by atomic mass is 16.5. The zero-order chi connectivity index (χ0) is 15.8. The van der Waals surface area contributed by atoms with E-state index in [4.69, 9.17) is 10.5 Å². The quantitative estimate of drug-likeness (QED) is 0.602. The van der Waals surface area contributed by atoms with Crippen molar-refractivity contribution in [1.82, 2.24) is 10.2 Å². The van der Waals surface area contributed by atoms with Crippen molar-refractivity contribution in [3.8, 4) is 0 Å². The number of hydrogen-bond acceptors (Lipinski definition) is 4. The molecule has 0 radical (unpaired) electrons. The number of nitrogens with two attached hydrogens (primary N) is 1. The Morgan fingerprint density at radius 2 is 1.95 bits per heavy atom. The first-order valence-corrected chi connectivity index (χ1v) is 7.61. The van der Waals surface area contributed by atoms with Crippen LogP contribution >= 0.6 is 0 Å². The molecule has 0 saturated carbocycles. The fraction of sp³-hybridized carbons (Fsp3) is 0.933. The first kappa shape index (κ1) is 19.4. The van der Waals surface area contributed by atoms with Gasteiger partial charge in [0.2, 0.25) is 5.91 Å². The summed E-state index contributed by atoms with van der Waals surface area (Å²) in [6.45, 7) is 12.7. The molecular weight excluding hydrogens is 254 g/mol. The monoisotopic (exact) mass is 287 g/mol. The normalized spacial score (nSPS) is 17.8. The first-order valence-electron chi connectivity index (χ1n) is 7.61. The third-order valence-electron chi connectivity index (χ3n) is 4.09. The van der Waals surface area contributed by atoms with Gasteiger partial charge < -0.3 is 15.8 Å². The van der Waals surface area contributed by atoms with Gasteiger partial charge in [0.05, 0.1) is 12.1 Å². The molecule has 5 heteroatoms. The first-order chi connectivity index (χ1) is 9.32. The minimum atomic E-state index is -0.660. The predicted octanol–water partition coefficient (Wildman–Crippen LogP) is 1.37. The van der Waals surface area contributed by atoms with Crippen LogP contribution in [0.3, 0.4) is 0 Å². The molecule has 0 aromatic heterocycles.